The van der Waals surface area contributed by atoms with Crippen LogP contribution >= 0.6 is 27.3 Å². The largest absolute Gasteiger partial charge is 0.481 e. The number of amidine groups is 1. The van der Waals surface area contributed by atoms with Crippen LogP contribution in [0, 0.1) is 11.7 Å². The first-order valence-electron chi connectivity index (χ1n) is 11.9. The number of carbonyl (C=O) groups excluding carboxylic acids is 1. The zero-order valence-electron chi connectivity index (χ0n) is 20.4. The highest BCUT2D eigenvalue weighted by molar-refractivity contribution is 9.10. The Morgan fingerprint density at radius 1 is 1.43 bits per heavy atom. The third-order valence-corrected chi connectivity index (χ3v) is 7.78. The highest BCUT2D eigenvalue weighted by atomic mass is 79.9. The third-order valence-electron chi connectivity index (χ3n) is 6.31. The third kappa shape index (κ3) is 6.43. The fourth-order valence-corrected chi connectivity index (χ4v) is 5.71. The summed E-state index contributed by atoms with van der Waals surface area (Å²) in [4.78, 5) is 36.1. The van der Waals surface area contributed by atoms with Crippen molar-refractivity contribution in [3.8, 4) is 0 Å². The zero-order valence-corrected chi connectivity index (χ0v) is 22.8. The molecule has 4 rings (SSSR count). The number of aliphatic carboxylic acids is 1. The van der Waals surface area contributed by atoms with Gasteiger partial charge in [0, 0.05) is 47.3 Å². The maximum Gasteiger partial charge on any atom is 0.338 e. The van der Waals surface area contributed by atoms with Crippen molar-refractivity contribution in [2.45, 2.75) is 32.4 Å². The standard InChI is InChI=1S/C25H28BrFN4O5S/c1-3-36-25(34)21-18(12-31-7-8-35-13-19(31)14(2)10-20(32)33)29-23(24-28-6-9-37-24)30-22(21)16-5-4-15(27)11-17(16)26/h4-6,9,11,14,19,22H,3,7-8,10,12-13H2,1-2H3,(H,29,30)(H,32,33)/t14?,19-,22+/m1/s1. The van der Waals surface area contributed by atoms with Gasteiger partial charge in [-0.05, 0) is 30.5 Å². The van der Waals surface area contributed by atoms with Gasteiger partial charge in [-0.3, -0.25) is 14.7 Å². The van der Waals surface area contributed by atoms with E-state index >= 15 is 0 Å². The van der Waals surface area contributed by atoms with Crippen LogP contribution in [0.4, 0.5) is 4.39 Å². The molecule has 2 aromatic rings. The number of carbonyl (C=O) groups is 2. The Morgan fingerprint density at radius 3 is 2.92 bits per heavy atom. The number of esters is 1. The lowest BCUT2D eigenvalue weighted by Crippen LogP contribution is -2.51. The molecule has 2 N–H and O–H groups in total. The molecule has 1 aromatic carbocycles. The Kier molecular flexibility index (Phi) is 9.06. The zero-order chi connectivity index (χ0) is 26.5. The summed E-state index contributed by atoms with van der Waals surface area (Å²) < 4.78 is 25.5. The second-order valence-electron chi connectivity index (χ2n) is 8.81. The van der Waals surface area contributed by atoms with Crippen LogP contribution in [0.3, 0.4) is 0 Å². The normalized spacial score (nSPS) is 21.2. The van der Waals surface area contributed by atoms with Crippen molar-refractivity contribution >= 4 is 45.0 Å². The number of rotatable bonds is 9. The molecule has 37 heavy (non-hydrogen) atoms. The molecule has 2 aliphatic heterocycles. The van der Waals surface area contributed by atoms with Crippen LogP contribution in [0.2, 0.25) is 0 Å². The summed E-state index contributed by atoms with van der Waals surface area (Å²) in [5.74, 6) is -1.51. The van der Waals surface area contributed by atoms with E-state index in [0.29, 0.717) is 58.5 Å². The Labute approximate surface area is 226 Å². The lowest BCUT2D eigenvalue weighted by molar-refractivity contribution is -0.139. The topological polar surface area (TPSA) is 113 Å². The van der Waals surface area contributed by atoms with E-state index < -0.39 is 23.8 Å². The summed E-state index contributed by atoms with van der Waals surface area (Å²) >= 11 is 4.84. The molecule has 9 nitrogen and oxygen atoms in total. The number of thiazole rings is 1. The molecule has 0 aliphatic carbocycles. The van der Waals surface area contributed by atoms with E-state index in [9.17, 15) is 19.1 Å². The number of hydrogen-bond donors (Lipinski definition) is 2. The summed E-state index contributed by atoms with van der Waals surface area (Å²) in [5.41, 5.74) is 1.50. The molecule has 1 saturated heterocycles. The minimum absolute atomic E-state index is 0.00128. The molecular weight excluding hydrogens is 567 g/mol. The van der Waals surface area contributed by atoms with Crippen molar-refractivity contribution in [3.63, 3.8) is 0 Å². The van der Waals surface area contributed by atoms with Crippen molar-refractivity contribution in [1.29, 1.82) is 0 Å². The lowest BCUT2D eigenvalue weighted by atomic mass is 9.93. The fraction of sp³-hybridized carbons (Fsp3) is 0.440. The van der Waals surface area contributed by atoms with E-state index in [-0.39, 0.29) is 25.0 Å². The molecule has 0 bridgehead atoms. The number of aliphatic imine (C=N–C) groups is 1. The van der Waals surface area contributed by atoms with Gasteiger partial charge in [0.15, 0.2) is 10.8 Å². The van der Waals surface area contributed by atoms with Crippen LogP contribution < -0.4 is 5.32 Å². The molecule has 2 aliphatic rings. The summed E-state index contributed by atoms with van der Waals surface area (Å²) in [6, 6.07) is 3.32. The average molecular weight is 595 g/mol. The lowest BCUT2D eigenvalue weighted by Gasteiger charge is -2.40. The molecule has 0 spiro atoms. The minimum atomic E-state index is -0.875. The molecule has 0 radical (unpaired) electrons. The first kappa shape index (κ1) is 27.4. The van der Waals surface area contributed by atoms with E-state index in [1.165, 1.54) is 23.5 Å². The Balaban J connectivity index is 1.79. The summed E-state index contributed by atoms with van der Waals surface area (Å²) in [6.07, 6.45) is 1.67. The van der Waals surface area contributed by atoms with Crippen LogP contribution in [0.1, 0.15) is 36.9 Å². The first-order chi connectivity index (χ1) is 17.8. The van der Waals surface area contributed by atoms with E-state index in [1.54, 1.807) is 19.2 Å². The second kappa shape index (κ2) is 12.2. The highest BCUT2D eigenvalue weighted by Crippen LogP contribution is 2.37. The van der Waals surface area contributed by atoms with Crippen LogP contribution in [-0.4, -0.2) is 71.7 Å². The fourth-order valence-electron chi connectivity index (χ4n) is 4.56. The van der Waals surface area contributed by atoms with E-state index in [4.69, 9.17) is 14.5 Å². The van der Waals surface area contributed by atoms with Crippen molar-refractivity contribution in [1.82, 2.24) is 15.2 Å². The van der Waals surface area contributed by atoms with Crippen molar-refractivity contribution in [2.75, 3.05) is 32.9 Å². The SMILES string of the molecule is CCOC(=O)C1=C(CN2CCOC[C@@H]2C(C)CC(=O)O)NC(c2nccs2)=N[C@H]1c1ccc(F)cc1Br. The number of ether oxygens (including phenoxy) is 2. The van der Waals surface area contributed by atoms with Crippen molar-refractivity contribution < 1.29 is 28.6 Å². The van der Waals surface area contributed by atoms with Gasteiger partial charge in [-0.2, -0.15) is 0 Å². The first-order valence-corrected chi connectivity index (χ1v) is 13.6. The molecular formula is C25H28BrFN4O5S. The van der Waals surface area contributed by atoms with E-state index in [0.717, 1.165) is 0 Å². The number of halogens is 2. The summed E-state index contributed by atoms with van der Waals surface area (Å²) in [7, 11) is 0. The van der Waals surface area contributed by atoms with Crippen LogP contribution in [0.25, 0.3) is 0 Å². The molecule has 1 unspecified atom stereocenters. The number of nitrogens with zero attached hydrogens (tertiary/aromatic N) is 3. The van der Waals surface area contributed by atoms with Crippen molar-refractivity contribution in [3.05, 3.63) is 61.9 Å². The monoisotopic (exact) mass is 594 g/mol. The van der Waals surface area contributed by atoms with Gasteiger partial charge < -0.3 is 19.9 Å². The van der Waals surface area contributed by atoms with E-state index in [1.807, 2.05) is 12.3 Å². The van der Waals surface area contributed by atoms with Crippen LogP contribution in [0.15, 0.2) is 50.5 Å². The van der Waals surface area contributed by atoms with Gasteiger partial charge in [0.1, 0.15) is 11.9 Å². The Morgan fingerprint density at radius 2 is 2.24 bits per heavy atom. The smallest absolute Gasteiger partial charge is 0.338 e. The van der Waals surface area contributed by atoms with Gasteiger partial charge >= 0.3 is 11.9 Å². The number of nitrogens with one attached hydrogen (secondary N) is 1. The molecule has 12 heteroatoms. The predicted octanol–water partition coefficient (Wildman–Crippen LogP) is 3.76. The van der Waals surface area contributed by atoms with Gasteiger partial charge in [-0.25, -0.2) is 14.2 Å². The van der Waals surface area contributed by atoms with Crippen LogP contribution in [-0.2, 0) is 19.1 Å². The molecule has 3 heterocycles. The van der Waals surface area contributed by atoms with E-state index in [2.05, 4.69) is 31.1 Å². The number of morpholine rings is 1. The maximum absolute atomic E-state index is 13.9. The number of aromatic nitrogens is 1. The quantitative estimate of drug-likeness (QED) is 0.422. The van der Waals surface area contributed by atoms with Gasteiger partial charge in [0.2, 0.25) is 0 Å². The van der Waals surface area contributed by atoms with Gasteiger partial charge in [-0.15, -0.1) is 11.3 Å². The molecule has 0 amide bonds. The minimum Gasteiger partial charge on any atom is -0.481 e. The Bertz CT molecular complexity index is 1210. The average Bonchev–Trinajstić information content (AvgIpc) is 3.39. The van der Waals surface area contributed by atoms with Gasteiger partial charge in [0.25, 0.3) is 0 Å². The highest BCUT2D eigenvalue weighted by Gasteiger charge is 2.37. The number of hydrogen-bond acceptors (Lipinski definition) is 9. The maximum atomic E-state index is 13.9. The molecule has 198 valence electrons. The number of carboxylic acid groups (broad SMARTS) is 1. The number of carboxylic acids is 1. The summed E-state index contributed by atoms with van der Waals surface area (Å²) in [6.45, 7) is 5.53. The molecule has 1 aromatic heterocycles. The number of benzene rings is 1. The van der Waals surface area contributed by atoms with Crippen molar-refractivity contribution in [2.24, 2.45) is 10.9 Å². The summed E-state index contributed by atoms with van der Waals surface area (Å²) in [5, 5.41) is 15.1. The second-order valence-corrected chi connectivity index (χ2v) is 10.6. The molecule has 1 fully saturated rings. The van der Waals surface area contributed by atoms with Gasteiger partial charge in [-0.1, -0.05) is 28.9 Å². The predicted molar refractivity (Wildman–Crippen MR) is 140 cm³/mol. The molecule has 3 atom stereocenters. The van der Waals surface area contributed by atoms with Gasteiger partial charge in [0.05, 0.1) is 25.4 Å². The van der Waals surface area contributed by atoms with Crippen LogP contribution in [0.5, 0.6) is 0 Å². The molecule has 0 saturated carbocycles. The Hall–Kier alpha value is -2.67.